The lowest BCUT2D eigenvalue weighted by atomic mass is 9.94. The van der Waals surface area contributed by atoms with E-state index in [0.29, 0.717) is 13.1 Å². The zero-order valence-corrected chi connectivity index (χ0v) is 11.5. The summed E-state index contributed by atoms with van der Waals surface area (Å²) in [4.78, 5) is 15.0. The molecule has 1 fully saturated rings. The van der Waals surface area contributed by atoms with E-state index >= 15 is 0 Å². The Morgan fingerprint density at radius 1 is 1.56 bits per heavy atom. The average Bonchev–Trinajstić information content (AvgIpc) is 2.82. The lowest BCUT2D eigenvalue weighted by Crippen LogP contribution is -2.46. The number of nitrogens with zero attached hydrogens (tertiary/aromatic N) is 1. The van der Waals surface area contributed by atoms with E-state index in [1.54, 1.807) is 11.3 Å². The molecule has 0 unspecified atom stereocenters. The zero-order chi connectivity index (χ0) is 13.0. The molecule has 0 radical (unpaired) electrons. The molecule has 0 spiro atoms. The fourth-order valence-electron chi connectivity index (χ4n) is 2.05. The number of aliphatic hydroxyl groups is 1. The molecule has 1 aromatic heterocycles. The van der Waals surface area contributed by atoms with E-state index in [9.17, 15) is 9.90 Å². The van der Waals surface area contributed by atoms with E-state index in [2.05, 4.69) is 10.2 Å². The first kappa shape index (κ1) is 13.5. The number of hydrogen-bond donors (Lipinski definition) is 2. The van der Waals surface area contributed by atoms with Crippen LogP contribution in [0.2, 0.25) is 0 Å². The highest BCUT2D eigenvalue weighted by molar-refractivity contribution is 7.09. The minimum atomic E-state index is -0.552. The zero-order valence-electron chi connectivity index (χ0n) is 10.7. The van der Waals surface area contributed by atoms with Crippen molar-refractivity contribution in [2.45, 2.75) is 31.9 Å². The predicted octanol–water partition coefficient (Wildman–Crippen LogP) is 1.21. The van der Waals surface area contributed by atoms with Gasteiger partial charge in [-0.15, -0.1) is 11.3 Å². The topological polar surface area (TPSA) is 52.6 Å². The van der Waals surface area contributed by atoms with Gasteiger partial charge in [0.05, 0.1) is 18.7 Å². The highest BCUT2D eigenvalue weighted by Gasteiger charge is 2.27. The second-order valence-electron chi connectivity index (χ2n) is 5.13. The predicted molar refractivity (Wildman–Crippen MR) is 72.5 cm³/mol. The van der Waals surface area contributed by atoms with Gasteiger partial charge in [-0.3, -0.25) is 9.69 Å². The van der Waals surface area contributed by atoms with Crippen molar-refractivity contribution >= 4 is 17.2 Å². The molecule has 4 nitrogen and oxygen atoms in total. The van der Waals surface area contributed by atoms with Gasteiger partial charge in [-0.2, -0.15) is 0 Å². The maximum absolute atomic E-state index is 11.8. The van der Waals surface area contributed by atoms with Gasteiger partial charge in [0.1, 0.15) is 0 Å². The fraction of sp³-hybridized carbons (Fsp3) is 0.615. The first-order chi connectivity index (χ1) is 8.55. The summed E-state index contributed by atoms with van der Waals surface area (Å²) < 4.78 is 0. The summed E-state index contributed by atoms with van der Waals surface area (Å²) in [6.45, 7) is 4.49. The van der Waals surface area contributed by atoms with Gasteiger partial charge in [0.2, 0.25) is 5.91 Å². The fourth-order valence-corrected chi connectivity index (χ4v) is 2.70. The summed E-state index contributed by atoms with van der Waals surface area (Å²) in [6, 6.07) is 4.00. The Balaban J connectivity index is 1.69. The van der Waals surface area contributed by atoms with Crippen molar-refractivity contribution in [1.82, 2.24) is 10.2 Å². The Bertz CT molecular complexity index is 380. The van der Waals surface area contributed by atoms with Gasteiger partial charge >= 0.3 is 0 Å². The van der Waals surface area contributed by atoms with Gasteiger partial charge in [-0.05, 0) is 31.2 Å². The van der Waals surface area contributed by atoms with Gasteiger partial charge in [-0.25, -0.2) is 0 Å². The highest BCUT2D eigenvalue weighted by atomic mass is 32.1. The first-order valence-electron chi connectivity index (χ1n) is 6.29. The normalized spacial score (nSPS) is 19.7. The summed E-state index contributed by atoms with van der Waals surface area (Å²) in [6.07, 6.45) is 1.48. The van der Waals surface area contributed by atoms with Crippen LogP contribution in [0.5, 0.6) is 0 Å². The van der Waals surface area contributed by atoms with Crippen LogP contribution in [0.25, 0.3) is 0 Å². The molecule has 100 valence electrons. The van der Waals surface area contributed by atoms with Crippen molar-refractivity contribution < 1.29 is 9.90 Å². The second kappa shape index (κ2) is 5.82. The Kier molecular flexibility index (Phi) is 4.37. The molecule has 2 rings (SSSR count). The Labute approximate surface area is 112 Å². The number of hydrogen-bond acceptors (Lipinski definition) is 4. The summed E-state index contributed by atoms with van der Waals surface area (Å²) in [7, 11) is 0. The maximum Gasteiger partial charge on any atom is 0.234 e. The Morgan fingerprint density at radius 3 is 2.89 bits per heavy atom. The summed E-state index contributed by atoms with van der Waals surface area (Å²) in [5, 5.41) is 14.8. The van der Waals surface area contributed by atoms with Gasteiger partial charge in [-0.1, -0.05) is 6.07 Å². The van der Waals surface area contributed by atoms with Gasteiger partial charge < -0.3 is 10.4 Å². The van der Waals surface area contributed by atoms with Crippen LogP contribution in [-0.4, -0.2) is 41.1 Å². The lowest BCUT2D eigenvalue weighted by molar-refractivity contribution is -0.123. The quantitative estimate of drug-likeness (QED) is 0.863. The minimum absolute atomic E-state index is 0.0601. The number of nitrogens with one attached hydrogen (secondary N) is 1. The molecule has 0 bridgehead atoms. The van der Waals surface area contributed by atoms with Crippen molar-refractivity contribution in [1.29, 1.82) is 0 Å². The van der Waals surface area contributed by atoms with Crippen LogP contribution in [0, 0.1) is 0 Å². The van der Waals surface area contributed by atoms with Gasteiger partial charge in [0.15, 0.2) is 0 Å². The van der Waals surface area contributed by atoms with Crippen molar-refractivity contribution in [3.05, 3.63) is 22.4 Å². The number of piperidine rings is 1. The third-order valence-corrected chi connectivity index (χ3v) is 4.22. The van der Waals surface area contributed by atoms with Crippen LogP contribution in [-0.2, 0) is 11.3 Å². The van der Waals surface area contributed by atoms with Crippen LogP contribution in [0.3, 0.4) is 0 Å². The number of amides is 1. The molecular formula is C13H20N2O2S. The minimum Gasteiger partial charge on any atom is -0.390 e. The number of likely N-dealkylation sites (tertiary alicyclic amines) is 1. The van der Waals surface area contributed by atoms with E-state index in [1.807, 2.05) is 24.4 Å². The van der Waals surface area contributed by atoms with Crippen LogP contribution in [0.4, 0.5) is 0 Å². The molecule has 1 aliphatic heterocycles. The van der Waals surface area contributed by atoms with Crippen molar-refractivity contribution in [2.24, 2.45) is 0 Å². The molecule has 2 heterocycles. The van der Waals surface area contributed by atoms with E-state index in [1.165, 1.54) is 4.88 Å². The summed E-state index contributed by atoms with van der Waals surface area (Å²) >= 11 is 1.65. The van der Waals surface area contributed by atoms with E-state index in [-0.39, 0.29) is 5.91 Å². The van der Waals surface area contributed by atoms with Crippen molar-refractivity contribution in [3.8, 4) is 0 Å². The average molecular weight is 268 g/mol. The number of thiophene rings is 1. The standard InChI is InChI=1S/C13H20N2O2S/c1-13(17)4-6-15(7-5-13)10-12(16)14-9-11-3-2-8-18-11/h2-3,8,17H,4-7,9-10H2,1H3,(H,14,16). The molecule has 1 amide bonds. The smallest absolute Gasteiger partial charge is 0.234 e. The molecule has 0 aromatic carbocycles. The molecule has 0 saturated carbocycles. The Hall–Kier alpha value is -0.910. The third kappa shape index (κ3) is 4.08. The number of rotatable bonds is 4. The highest BCUT2D eigenvalue weighted by Crippen LogP contribution is 2.20. The monoisotopic (exact) mass is 268 g/mol. The summed E-state index contributed by atoms with van der Waals surface area (Å²) in [5.74, 6) is 0.0601. The number of carbonyl (C=O) groups is 1. The molecule has 18 heavy (non-hydrogen) atoms. The molecule has 1 saturated heterocycles. The summed E-state index contributed by atoms with van der Waals surface area (Å²) in [5.41, 5.74) is -0.552. The van der Waals surface area contributed by atoms with Gasteiger partial charge in [0, 0.05) is 18.0 Å². The van der Waals surface area contributed by atoms with Crippen LogP contribution in [0.15, 0.2) is 17.5 Å². The van der Waals surface area contributed by atoms with E-state index in [0.717, 1.165) is 25.9 Å². The Morgan fingerprint density at radius 2 is 2.28 bits per heavy atom. The van der Waals surface area contributed by atoms with Crippen molar-refractivity contribution in [3.63, 3.8) is 0 Å². The maximum atomic E-state index is 11.8. The first-order valence-corrected chi connectivity index (χ1v) is 7.17. The second-order valence-corrected chi connectivity index (χ2v) is 6.16. The molecule has 5 heteroatoms. The van der Waals surface area contributed by atoms with Crippen molar-refractivity contribution in [2.75, 3.05) is 19.6 Å². The van der Waals surface area contributed by atoms with E-state index < -0.39 is 5.60 Å². The molecular weight excluding hydrogens is 248 g/mol. The molecule has 0 aliphatic carbocycles. The molecule has 2 N–H and O–H groups in total. The molecule has 0 atom stereocenters. The largest absolute Gasteiger partial charge is 0.390 e. The number of carbonyl (C=O) groups excluding carboxylic acids is 1. The van der Waals surface area contributed by atoms with Gasteiger partial charge in [0.25, 0.3) is 0 Å². The van der Waals surface area contributed by atoms with E-state index in [4.69, 9.17) is 0 Å². The molecule has 1 aliphatic rings. The molecule has 1 aromatic rings. The lowest BCUT2D eigenvalue weighted by Gasteiger charge is -2.35. The van der Waals surface area contributed by atoms with Crippen LogP contribution < -0.4 is 5.32 Å². The third-order valence-electron chi connectivity index (χ3n) is 3.34. The van der Waals surface area contributed by atoms with Crippen LogP contribution in [0.1, 0.15) is 24.6 Å². The SMILES string of the molecule is CC1(O)CCN(CC(=O)NCc2cccs2)CC1. The van der Waals surface area contributed by atoms with Crippen LogP contribution >= 0.6 is 11.3 Å².